The number of carbonyl (C=O) groups is 3. The predicted molar refractivity (Wildman–Crippen MR) is 120 cm³/mol. The third-order valence-corrected chi connectivity index (χ3v) is 6.46. The van der Waals surface area contributed by atoms with E-state index in [0.29, 0.717) is 37.6 Å². The van der Waals surface area contributed by atoms with Crippen molar-refractivity contribution in [3.63, 3.8) is 0 Å². The largest absolute Gasteiger partial charge is 0.492 e. The third kappa shape index (κ3) is 4.90. The topological polar surface area (TPSA) is 89.0 Å². The van der Waals surface area contributed by atoms with E-state index in [4.69, 9.17) is 9.47 Å². The van der Waals surface area contributed by atoms with Crippen LogP contribution < -0.4 is 4.74 Å². The van der Waals surface area contributed by atoms with E-state index in [1.165, 1.54) is 4.90 Å². The van der Waals surface area contributed by atoms with Gasteiger partial charge in [-0.2, -0.15) is 0 Å². The van der Waals surface area contributed by atoms with Crippen LogP contribution in [0.25, 0.3) is 0 Å². The average molecular weight is 452 g/mol. The van der Waals surface area contributed by atoms with Gasteiger partial charge in [0.2, 0.25) is 17.7 Å². The van der Waals surface area contributed by atoms with Gasteiger partial charge >= 0.3 is 0 Å². The fraction of sp³-hybridized carbons (Fsp3) is 0.440. The predicted octanol–water partition coefficient (Wildman–Crippen LogP) is 2.18. The summed E-state index contributed by atoms with van der Waals surface area (Å²) < 4.78 is 11.1. The molecule has 0 spiro atoms. The maximum absolute atomic E-state index is 13.6. The summed E-state index contributed by atoms with van der Waals surface area (Å²) >= 11 is 0. The van der Waals surface area contributed by atoms with Gasteiger partial charge in [-0.3, -0.25) is 24.3 Å². The van der Waals surface area contributed by atoms with Gasteiger partial charge in [-0.25, -0.2) is 0 Å². The number of pyridine rings is 1. The number of hydrogen-bond donors (Lipinski definition) is 0. The van der Waals surface area contributed by atoms with Crippen molar-refractivity contribution < 1.29 is 23.9 Å². The first kappa shape index (κ1) is 22.9. The van der Waals surface area contributed by atoms with Gasteiger partial charge in [0.1, 0.15) is 5.75 Å². The van der Waals surface area contributed by atoms with Crippen molar-refractivity contribution in [3.05, 3.63) is 60.4 Å². The second-order valence-electron chi connectivity index (χ2n) is 8.57. The number of likely N-dealkylation sites (N-methyl/N-ethyl adjacent to an activating group) is 1. The number of likely N-dealkylation sites (tertiary alicyclic amines) is 1. The standard InChI is InChI=1S/C25H29N3O5/c1-27(20-10-14-32-18-20)22(29)15-25(19-7-3-2-4-8-19)16-23(30)28(24(25)31)12-6-13-33-21-9-5-11-26-17-21/h2-5,7-9,11,17,20H,6,10,12-16,18H2,1H3/t20-,25-/m0/s1. The molecule has 0 radical (unpaired) electrons. The second-order valence-corrected chi connectivity index (χ2v) is 8.57. The Hall–Kier alpha value is -3.26. The van der Waals surface area contributed by atoms with Crippen molar-refractivity contribution in [1.29, 1.82) is 0 Å². The van der Waals surface area contributed by atoms with Gasteiger partial charge in [-0.05, 0) is 30.5 Å². The van der Waals surface area contributed by atoms with E-state index in [9.17, 15) is 14.4 Å². The number of hydrogen-bond acceptors (Lipinski definition) is 6. The molecule has 0 saturated carbocycles. The van der Waals surface area contributed by atoms with E-state index in [0.717, 1.165) is 6.42 Å². The minimum atomic E-state index is -1.19. The first-order valence-electron chi connectivity index (χ1n) is 11.3. The highest BCUT2D eigenvalue weighted by Gasteiger charge is 2.54. The summed E-state index contributed by atoms with van der Waals surface area (Å²) in [7, 11) is 1.75. The summed E-state index contributed by atoms with van der Waals surface area (Å²) in [5.41, 5.74) is -0.491. The van der Waals surface area contributed by atoms with Crippen molar-refractivity contribution in [2.45, 2.75) is 37.1 Å². The zero-order chi connectivity index (χ0) is 23.3. The van der Waals surface area contributed by atoms with Gasteiger partial charge in [0, 0.05) is 39.2 Å². The molecule has 0 aliphatic carbocycles. The fourth-order valence-corrected chi connectivity index (χ4v) is 4.51. The molecule has 0 unspecified atom stereocenters. The van der Waals surface area contributed by atoms with Crippen LogP contribution in [-0.4, -0.2) is 72.0 Å². The lowest BCUT2D eigenvalue weighted by Gasteiger charge is -2.31. The van der Waals surface area contributed by atoms with Crippen LogP contribution >= 0.6 is 0 Å². The number of nitrogens with zero attached hydrogens (tertiary/aromatic N) is 3. The van der Waals surface area contributed by atoms with Crippen molar-refractivity contribution in [3.8, 4) is 5.75 Å². The molecule has 1 aromatic heterocycles. The molecular formula is C25H29N3O5. The maximum Gasteiger partial charge on any atom is 0.240 e. The third-order valence-electron chi connectivity index (χ3n) is 6.46. The number of benzene rings is 1. The summed E-state index contributed by atoms with van der Waals surface area (Å²) in [5, 5.41) is 0. The number of ether oxygens (including phenoxy) is 2. The molecule has 2 aliphatic rings. The van der Waals surface area contributed by atoms with Crippen molar-refractivity contribution >= 4 is 17.7 Å². The van der Waals surface area contributed by atoms with Gasteiger partial charge in [0.15, 0.2) is 0 Å². The Morgan fingerprint density at radius 1 is 1.24 bits per heavy atom. The quantitative estimate of drug-likeness (QED) is 0.429. The zero-order valence-electron chi connectivity index (χ0n) is 18.8. The van der Waals surface area contributed by atoms with Gasteiger partial charge in [0.05, 0.1) is 30.9 Å². The molecule has 2 aromatic rings. The number of carbonyl (C=O) groups excluding carboxylic acids is 3. The summed E-state index contributed by atoms with van der Waals surface area (Å²) in [4.78, 5) is 46.7. The van der Waals surface area contributed by atoms with E-state index < -0.39 is 5.41 Å². The number of aromatic nitrogens is 1. The highest BCUT2D eigenvalue weighted by molar-refractivity contribution is 6.10. The van der Waals surface area contributed by atoms with Gasteiger partial charge in [-0.15, -0.1) is 0 Å². The summed E-state index contributed by atoms with van der Waals surface area (Å²) in [6, 6.07) is 12.8. The van der Waals surface area contributed by atoms with E-state index in [1.807, 2.05) is 30.3 Å². The zero-order valence-corrected chi connectivity index (χ0v) is 18.8. The summed E-state index contributed by atoms with van der Waals surface area (Å²) in [5.74, 6) is -0.0913. The Morgan fingerprint density at radius 3 is 2.76 bits per heavy atom. The molecule has 2 atom stereocenters. The van der Waals surface area contributed by atoms with E-state index in [-0.39, 0.29) is 43.1 Å². The molecule has 1 aromatic carbocycles. The lowest BCUT2D eigenvalue weighted by molar-refractivity contribution is -0.143. The average Bonchev–Trinajstić information content (AvgIpc) is 3.46. The molecule has 8 heteroatoms. The highest BCUT2D eigenvalue weighted by atomic mass is 16.5. The Kier molecular flexibility index (Phi) is 7.03. The molecule has 33 heavy (non-hydrogen) atoms. The van der Waals surface area contributed by atoms with Gasteiger partial charge in [0.25, 0.3) is 0 Å². The summed E-state index contributed by atoms with van der Waals surface area (Å²) in [6.45, 7) is 1.71. The smallest absolute Gasteiger partial charge is 0.240 e. The lowest BCUT2D eigenvalue weighted by Crippen LogP contribution is -2.45. The molecule has 8 nitrogen and oxygen atoms in total. The molecule has 2 aliphatic heterocycles. The van der Waals surface area contributed by atoms with Crippen molar-refractivity contribution in [2.75, 3.05) is 33.4 Å². The van der Waals surface area contributed by atoms with Crippen LogP contribution in [0.4, 0.5) is 0 Å². The van der Waals surface area contributed by atoms with Crippen molar-refractivity contribution in [2.24, 2.45) is 0 Å². The van der Waals surface area contributed by atoms with Crippen LogP contribution in [0.5, 0.6) is 5.75 Å². The fourth-order valence-electron chi connectivity index (χ4n) is 4.51. The molecule has 0 bridgehead atoms. The Bertz CT molecular complexity index is 978. The van der Waals surface area contributed by atoms with Crippen LogP contribution in [0.3, 0.4) is 0 Å². The monoisotopic (exact) mass is 451 g/mol. The molecule has 2 saturated heterocycles. The van der Waals surface area contributed by atoms with E-state index in [1.54, 1.807) is 36.5 Å². The van der Waals surface area contributed by atoms with Gasteiger partial charge < -0.3 is 14.4 Å². The van der Waals surface area contributed by atoms with E-state index in [2.05, 4.69) is 4.98 Å². The van der Waals surface area contributed by atoms with Crippen LogP contribution in [0.1, 0.15) is 31.2 Å². The molecule has 3 heterocycles. The molecule has 174 valence electrons. The number of rotatable bonds is 9. The Labute approximate surface area is 193 Å². The first-order chi connectivity index (χ1) is 16.0. The van der Waals surface area contributed by atoms with Crippen LogP contribution in [0, 0.1) is 0 Å². The Morgan fingerprint density at radius 2 is 2.06 bits per heavy atom. The van der Waals surface area contributed by atoms with Crippen LogP contribution in [0.2, 0.25) is 0 Å². The minimum absolute atomic E-state index is 0.00161. The SMILES string of the molecule is CN(C(=O)C[C@@]1(c2ccccc2)CC(=O)N(CCCOc2cccnc2)C1=O)[C@H]1CCOC1. The second kappa shape index (κ2) is 10.1. The molecule has 3 amide bonds. The Balaban J connectivity index is 1.47. The first-order valence-corrected chi connectivity index (χ1v) is 11.3. The normalized spacial score (nSPS) is 22.6. The molecular weight excluding hydrogens is 422 g/mol. The number of amides is 3. The van der Waals surface area contributed by atoms with Crippen LogP contribution in [0.15, 0.2) is 54.9 Å². The van der Waals surface area contributed by atoms with Crippen molar-refractivity contribution in [1.82, 2.24) is 14.8 Å². The summed E-state index contributed by atoms with van der Waals surface area (Å²) in [6.07, 6.45) is 4.48. The molecule has 4 rings (SSSR count). The van der Waals surface area contributed by atoms with Gasteiger partial charge in [-0.1, -0.05) is 30.3 Å². The number of imide groups is 1. The highest BCUT2D eigenvalue weighted by Crippen LogP contribution is 2.40. The maximum atomic E-state index is 13.6. The minimum Gasteiger partial charge on any atom is -0.492 e. The van der Waals surface area contributed by atoms with Crippen LogP contribution in [-0.2, 0) is 24.5 Å². The molecule has 0 N–H and O–H groups in total. The van der Waals surface area contributed by atoms with E-state index >= 15 is 0 Å². The lowest BCUT2D eigenvalue weighted by atomic mass is 9.75. The molecule has 2 fully saturated rings.